The summed E-state index contributed by atoms with van der Waals surface area (Å²) in [7, 11) is 0. The zero-order valence-corrected chi connectivity index (χ0v) is 14.0. The summed E-state index contributed by atoms with van der Waals surface area (Å²) in [5.41, 5.74) is 1.16. The average molecular weight is 319 g/mol. The molecule has 0 fully saturated rings. The van der Waals surface area contributed by atoms with E-state index in [1.165, 1.54) is 5.39 Å². The molecule has 3 aromatic rings. The highest BCUT2D eigenvalue weighted by molar-refractivity contribution is 5.80. The van der Waals surface area contributed by atoms with Gasteiger partial charge in [-0.3, -0.25) is 4.79 Å². The first kappa shape index (κ1) is 16.2. The Morgan fingerprint density at radius 3 is 2.46 bits per heavy atom. The van der Waals surface area contributed by atoms with Crippen molar-refractivity contribution in [3.63, 3.8) is 0 Å². The topological polar surface area (TPSA) is 33.0 Å². The van der Waals surface area contributed by atoms with E-state index in [1.807, 2.05) is 53.4 Å². The Morgan fingerprint density at radius 1 is 1.00 bits per heavy atom. The maximum atomic E-state index is 12.5. The van der Waals surface area contributed by atoms with Crippen molar-refractivity contribution in [2.75, 3.05) is 0 Å². The molecule has 0 aliphatic rings. The van der Waals surface area contributed by atoms with Gasteiger partial charge < -0.3 is 5.32 Å². The van der Waals surface area contributed by atoms with Gasteiger partial charge in [0.1, 0.15) is 0 Å². The maximum Gasteiger partial charge on any atom is 0.286 e. The third kappa shape index (κ3) is 3.99. The van der Waals surface area contributed by atoms with Crippen LogP contribution in [0.3, 0.4) is 0 Å². The predicted octanol–water partition coefficient (Wildman–Crippen LogP) is 3.78. The largest absolute Gasteiger partial charge is 0.344 e. The summed E-state index contributed by atoms with van der Waals surface area (Å²) < 4.78 is 1.94. The minimum absolute atomic E-state index is 0.0394. The normalized spacial score (nSPS) is 12.0. The van der Waals surface area contributed by atoms with Crippen molar-refractivity contribution in [3.05, 3.63) is 78.6 Å². The van der Waals surface area contributed by atoms with E-state index in [0.717, 1.165) is 23.8 Å². The second kappa shape index (κ2) is 7.73. The minimum Gasteiger partial charge on any atom is -0.344 e. The van der Waals surface area contributed by atoms with Crippen molar-refractivity contribution >= 4 is 16.7 Å². The van der Waals surface area contributed by atoms with Crippen LogP contribution in [0.4, 0.5) is 0 Å². The van der Waals surface area contributed by atoms with Gasteiger partial charge in [-0.15, -0.1) is 0 Å². The molecule has 2 aromatic carbocycles. The van der Waals surface area contributed by atoms with Gasteiger partial charge in [0, 0.05) is 11.5 Å². The van der Waals surface area contributed by atoms with E-state index >= 15 is 0 Å². The van der Waals surface area contributed by atoms with Crippen LogP contribution in [0.25, 0.3) is 10.8 Å². The van der Waals surface area contributed by atoms with Crippen LogP contribution in [0.5, 0.6) is 0 Å². The van der Waals surface area contributed by atoms with Crippen LogP contribution in [0, 0.1) is 0 Å². The van der Waals surface area contributed by atoms with Crippen molar-refractivity contribution in [2.24, 2.45) is 0 Å². The van der Waals surface area contributed by atoms with Gasteiger partial charge in [0.25, 0.3) is 5.91 Å². The van der Waals surface area contributed by atoms with Gasteiger partial charge in [0.15, 0.2) is 12.4 Å². The summed E-state index contributed by atoms with van der Waals surface area (Å²) in [6.07, 6.45) is 5.95. The van der Waals surface area contributed by atoms with Gasteiger partial charge in [0.2, 0.25) is 6.54 Å². The van der Waals surface area contributed by atoms with Crippen molar-refractivity contribution < 1.29 is 9.36 Å². The average Bonchev–Trinajstić information content (AvgIpc) is 2.62. The van der Waals surface area contributed by atoms with E-state index in [2.05, 4.69) is 36.5 Å². The molecular weight excluding hydrogens is 296 g/mol. The smallest absolute Gasteiger partial charge is 0.286 e. The number of hydrogen-bond donors (Lipinski definition) is 1. The molecule has 122 valence electrons. The first-order valence-corrected chi connectivity index (χ1v) is 8.48. The molecule has 0 radical (unpaired) electrons. The Balaban J connectivity index is 1.70. The van der Waals surface area contributed by atoms with Crippen LogP contribution in [0.2, 0.25) is 0 Å². The maximum absolute atomic E-state index is 12.5. The molecule has 1 amide bonds. The first-order valence-electron chi connectivity index (χ1n) is 8.48. The van der Waals surface area contributed by atoms with Crippen LogP contribution in [0.1, 0.15) is 31.4 Å². The summed E-state index contributed by atoms with van der Waals surface area (Å²) in [5, 5.41) is 5.49. The van der Waals surface area contributed by atoms with Gasteiger partial charge >= 0.3 is 0 Å². The third-order valence-corrected chi connectivity index (χ3v) is 4.19. The van der Waals surface area contributed by atoms with Gasteiger partial charge in [-0.2, -0.15) is 4.57 Å². The highest BCUT2D eigenvalue weighted by Gasteiger charge is 2.16. The molecule has 0 unspecified atom stereocenters. The molecule has 0 aliphatic heterocycles. The van der Waals surface area contributed by atoms with E-state index in [4.69, 9.17) is 0 Å². The molecule has 3 heteroatoms. The Kier molecular flexibility index (Phi) is 5.22. The van der Waals surface area contributed by atoms with Crippen molar-refractivity contribution in [3.8, 4) is 0 Å². The second-order valence-electron chi connectivity index (χ2n) is 6.07. The summed E-state index contributed by atoms with van der Waals surface area (Å²) in [6, 6.07) is 20.5. The zero-order chi connectivity index (χ0) is 16.8. The van der Waals surface area contributed by atoms with Crippen molar-refractivity contribution in [1.29, 1.82) is 0 Å². The Labute approximate surface area is 143 Å². The van der Waals surface area contributed by atoms with E-state index in [-0.39, 0.29) is 11.9 Å². The number of pyridine rings is 1. The fourth-order valence-corrected chi connectivity index (χ4v) is 2.98. The monoisotopic (exact) mass is 319 g/mol. The van der Waals surface area contributed by atoms with Crippen LogP contribution in [-0.2, 0) is 11.3 Å². The predicted molar refractivity (Wildman–Crippen MR) is 96.4 cm³/mol. The van der Waals surface area contributed by atoms with Crippen LogP contribution in [0.15, 0.2) is 73.1 Å². The summed E-state index contributed by atoms with van der Waals surface area (Å²) >= 11 is 0. The highest BCUT2D eigenvalue weighted by atomic mass is 16.2. The summed E-state index contributed by atoms with van der Waals surface area (Å²) in [4.78, 5) is 12.5. The molecule has 1 heterocycles. The van der Waals surface area contributed by atoms with Gasteiger partial charge in [-0.05, 0) is 23.4 Å². The molecule has 0 bridgehead atoms. The van der Waals surface area contributed by atoms with Crippen molar-refractivity contribution in [1.82, 2.24) is 5.32 Å². The lowest BCUT2D eigenvalue weighted by molar-refractivity contribution is -0.683. The Morgan fingerprint density at radius 2 is 1.71 bits per heavy atom. The molecule has 0 saturated carbocycles. The van der Waals surface area contributed by atoms with E-state index in [1.54, 1.807) is 0 Å². The number of carbonyl (C=O) groups is 1. The molecule has 3 nitrogen and oxygen atoms in total. The van der Waals surface area contributed by atoms with Crippen LogP contribution < -0.4 is 9.88 Å². The number of hydrogen-bond acceptors (Lipinski definition) is 1. The lowest BCUT2D eigenvalue weighted by atomic mass is 10.0. The molecule has 1 atom stereocenters. The lowest BCUT2D eigenvalue weighted by Gasteiger charge is -2.17. The molecular formula is C21H23N2O+. The van der Waals surface area contributed by atoms with E-state index in [9.17, 15) is 4.79 Å². The highest BCUT2D eigenvalue weighted by Crippen LogP contribution is 2.18. The molecule has 1 N–H and O–H groups in total. The van der Waals surface area contributed by atoms with Gasteiger partial charge in [-0.1, -0.05) is 61.9 Å². The Hall–Kier alpha value is -2.68. The molecule has 0 saturated heterocycles. The molecule has 1 aromatic heterocycles. The fourth-order valence-electron chi connectivity index (χ4n) is 2.98. The quantitative estimate of drug-likeness (QED) is 0.689. The van der Waals surface area contributed by atoms with Crippen molar-refractivity contribution in [2.45, 2.75) is 32.4 Å². The number of aromatic nitrogens is 1. The molecule has 3 rings (SSSR count). The number of rotatable bonds is 6. The third-order valence-electron chi connectivity index (χ3n) is 4.19. The number of nitrogens with zero attached hydrogens (tertiary/aromatic N) is 1. The second-order valence-corrected chi connectivity index (χ2v) is 6.07. The number of carbonyl (C=O) groups excluding carboxylic acids is 1. The fraction of sp³-hybridized carbons (Fsp3) is 0.238. The SMILES string of the molecule is CCC[C@@H](NC(=O)C[n+]1ccc2ccccc2c1)c1ccccc1. The van der Waals surface area contributed by atoms with Gasteiger partial charge in [-0.25, -0.2) is 0 Å². The van der Waals surface area contributed by atoms with Gasteiger partial charge in [0.05, 0.1) is 6.04 Å². The van der Waals surface area contributed by atoms with Crippen LogP contribution in [-0.4, -0.2) is 5.91 Å². The first-order chi connectivity index (χ1) is 11.8. The minimum atomic E-state index is 0.0394. The van der Waals surface area contributed by atoms with E-state index < -0.39 is 0 Å². The summed E-state index contributed by atoms with van der Waals surface area (Å²) in [6.45, 7) is 2.47. The van der Waals surface area contributed by atoms with Crippen LogP contribution >= 0.6 is 0 Å². The number of benzene rings is 2. The molecule has 0 aliphatic carbocycles. The van der Waals surface area contributed by atoms with E-state index in [0.29, 0.717) is 6.54 Å². The molecule has 0 spiro atoms. The number of fused-ring (bicyclic) bond motifs is 1. The zero-order valence-electron chi connectivity index (χ0n) is 14.0. The Bertz CT molecular complexity index is 814. The summed E-state index contributed by atoms with van der Waals surface area (Å²) in [5.74, 6) is 0.0394. The lowest BCUT2D eigenvalue weighted by Crippen LogP contribution is -2.43. The molecule has 24 heavy (non-hydrogen) atoms. The number of nitrogens with one attached hydrogen (secondary N) is 1. The standard InChI is InChI=1S/C21H22N2O/c1-2-8-20(18-10-4-3-5-11-18)22-21(24)16-23-14-13-17-9-6-7-12-19(17)15-23/h3-7,9-15,20H,2,8,16H2,1H3/p+1/t20-/m1/s1. The number of amides is 1.